The summed E-state index contributed by atoms with van der Waals surface area (Å²) in [6, 6.07) is 11.4. The third-order valence-electron chi connectivity index (χ3n) is 8.46. The van der Waals surface area contributed by atoms with Gasteiger partial charge in [0, 0.05) is 42.3 Å². The van der Waals surface area contributed by atoms with Crippen LogP contribution in [0.3, 0.4) is 0 Å². The molecule has 1 atom stereocenters. The van der Waals surface area contributed by atoms with Crippen LogP contribution >= 0.6 is 0 Å². The number of halogens is 1. The average Bonchev–Trinajstić information content (AvgIpc) is 3.04. The highest BCUT2D eigenvalue weighted by atomic mass is 32.2. The molecule has 1 amide bonds. The van der Waals surface area contributed by atoms with Crippen molar-refractivity contribution in [3.63, 3.8) is 0 Å². The number of nitrogens with zero attached hydrogens (tertiary/aromatic N) is 4. The molecule has 236 valence electrons. The predicted octanol–water partition coefficient (Wildman–Crippen LogP) is 6.56. The van der Waals surface area contributed by atoms with Gasteiger partial charge in [0.2, 0.25) is 21.9 Å². The summed E-state index contributed by atoms with van der Waals surface area (Å²) in [4.78, 5) is 26.3. The molecule has 6 rings (SSSR count). The van der Waals surface area contributed by atoms with Gasteiger partial charge in [-0.05, 0) is 68.5 Å². The topological polar surface area (TPSA) is 147 Å². The molecule has 2 aromatic carbocycles. The number of aryl methyl sites for hydroxylation is 1. The summed E-state index contributed by atoms with van der Waals surface area (Å²) in [5.74, 6) is 0.349. The van der Waals surface area contributed by atoms with Crippen LogP contribution in [0.1, 0.15) is 50.5 Å². The van der Waals surface area contributed by atoms with Crippen LogP contribution in [0.5, 0.6) is 11.6 Å². The van der Waals surface area contributed by atoms with Gasteiger partial charge in [0.1, 0.15) is 11.6 Å². The van der Waals surface area contributed by atoms with E-state index in [2.05, 4.69) is 25.0 Å². The number of rotatable bonds is 8. The smallest absolute Gasteiger partial charge is 0.407 e. The summed E-state index contributed by atoms with van der Waals surface area (Å²) < 4.78 is 50.6. The lowest BCUT2D eigenvalue weighted by Crippen LogP contribution is -2.44. The number of amides is 1. The highest BCUT2D eigenvalue weighted by Crippen LogP contribution is 2.40. The van der Waals surface area contributed by atoms with Crippen LogP contribution in [0, 0.1) is 12.7 Å². The van der Waals surface area contributed by atoms with Crippen LogP contribution in [0.4, 0.5) is 20.8 Å². The summed E-state index contributed by atoms with van der Waals surface area (Å²) in [6.45, 7) is 2.69. The lowest BCUT2D eigenvalue weighted by atomic mass is 10.0. The number of piperidine rings is 1. The Kier molecular flexibility index (Phi) is 8.70. The van der Waals surface area contributed by atoms with Crippen molar-refractivity contribution in [2.45, 2.75) is 63.2 Å². The summed E-state index contributed by atoms with van der Waals surface area (Å²) in [6.07, 6.45) is 7.56. The summed E-state index contributed by atoms with van der Waals surface area (Å²) in [5.41, 5.74) is 1.76. The molecule has 1 saturated carbocycles. The molecule has 13 heteroatoms. The quantitative estimate of drug-likeness (QED) is 0.196. The van der Waals surface area contributed by atoms with Crippen molar-refractivity contribution >= 4 is 38.5 Å². The zero-order chi connectivity index (χ0) is 31.6. The Morgan fingerprint density at radius 2 is 1.80 bits per heavy atom. The van der Waals surface area contributed by atoms with Crippen LogP contribution < -0.4 is 14.8 Å². The third-order valence-corrected chi connectivity index (χ3v) is 10.3. The molecule has 2 aromatic heterocycles. The second kappa shape index (κ2) is 12.8. The molecule has 45 heavy (non-hydrogen) atoms. The molecule has 4 aromatic rings. The van der Waals surface area contributed by atoms with Crippen molar-refractivity contribution in [2.75, 3.05) is 23.1 Å². The van der Waals surface area contributed by atoms with E-state index in [0.717, 1.165) is 37.7 Å². The minimum absolute atomic E-state index is 0.0974. The monoisotopic (exact) mass is 634 g/mol. The molecule has 3 heterocycles. The van der Waals surface area contributed by atoms with Crippen molar-refractivity contribution in [3.8, 4) is 22.9 Å². The fourth-order valence-corrected chi connectivity index (χ4v) is 7.71. The molecule has 1 aliphatic heterocycles. The largest absolute Gasteiger partial charge is 0.465 e. The van der Waals surface area contributed by atoms with E-state index in [4.69, 9.17) is 4.74 Å². The Balaban J connectivity index is 1.31. The molecule has 2 aliphatic rings. The highest BCUT2D eigenvalue weighted by Gasteiger charge is 2.29. The van der Waals surface area contributed by atoms with Gasteiger partial charge in [0.15, 0.2) is 0 Å². The lowest BCUT2D eigenvalue weighted by Gasteiger charge is -2.31. The Bertz CT molecular complexity index is 1830. The zero-order valence-corrected chi connectivity index (χ0v) is 25.7. The van der Waals surface area contributed by atoms with E-state index in [1.165, 1.54) is 11.0 Å². The lowest BCUT2D eigenvalue weighted by molar-refractivity contribution is 0.132. The molecule has 11 nitrogen and oxygen atoms in total. The number of sulfonamides is 1. The van der Waals surface area contributed by atoms with Crippen molar-refractivity contribution in [3.05, 3.63) is 66.2 Å². The Morgan fingerprint density at radius 1 is 1.00 bits per heavy atom. The number of benzene rings is 2. The van der Waals surface area contributed by atoms with Crippen LogP contribution in [0.15, 0.2) is 54.9 Å². The van der Waals surface area contributed by atoms with Crippen molar-refractivity contribution in [1.82, 2.24) is 19.9 Å². The molecular weight excluding hydrogens is 599 g/mol. The number of likely N-dealkylation sites (tertiary alicyclic amines) is 1. The van der Waals surface area contributed by atoms with Gasteiger partial charge in [-0.2, -0.15) is 0 Å². The minimum atomic E-state index is -3.79. The van der Waals surface area contributed by atoms with Gasteiger partial charge >= 0.3 is 6.09 Å². The number of pyridine rings is 1. The van der Waals surface area contributed by atoms with Gasteiger partial charge < -0.3 is 20.1 Å². The maximum Gasteiger partial charge on any atom is 0.407 e. The molecule has 0 radical (unpaired) electrons. The maximum absolute atomic E-state index is 15.2. The van der Waals surface area contributed by atoms with Gasteiger partial charge in [-0.15, -0.1) is 0 Å². The Hall–Kier alpha value is -4.52. The van der Waals surface area contributed by atoms with Gasteiger partial charge in [-0.3, -0.25) is 4.72 Å². The molecule has 0 bridgehead atoms. The van der Waals surface area contributed by atoms with Gasteiger partial charge in [0.25, 0.3) is 0 Å². The number of aromatic nitrogens is 3. The van der Waals surface area contributed by atoms with Crippen molar-refractivity contribution in [2.24, 2.45) is 0 Å². The van der Waals surface area contributed by atoms with Crippen molar-refractivity contribution in [1.29, 1.82) is 0 Å². The predicted molar refractivity (Wildman–Crippen MR) is 170 cm³/mol. The first kappa shape index (κ1) is 30.5. The number of anilines is 2. The molecule has 1 unspecified atom stereocenters. The van der Waals surface area contributed by atoms with Crippen LogP contribution in [0.2, 0.25) is 0 Å². The second-order valence-corrected chi connectivity index (χ2v) is 13.5. The van der Waals surface area contributed by atoms with E-state index in [1.807, 2.05) is 13.0 Å². The fraction of sp³-hybridized carbons (Fsp3) is 0.375. The highest BCUT2D eigenvalue weighted by molar-refractivity contribution is 7.93. The standard InChI is InChI=1S/C32H35FN6O5S/c1-20-11-12-23-24(13-14-26(33)28(23)38-45(42,43)22-8-3-2-4-9-22)29(20)44-30-25(10-5-16-34-30)27-15-17-35-31(37-27)36-21-7-6-18-39(19-21)32(40)41/h5,10-17,21-22,38H,2-4,6-9,18-19H2,1H3,(H,40,41)(H,35,36,37). The number of hydrogen-bond acceptors (Lipinski definition) is 8. The number of carbonyl (C=O) groups is 1. The van der Waals surface area contributed by atoms with Crippen LogP contribution in [0.25, 0.3) is 22.0 Å². The van der Waals surface area contributed by atoms with Crippen molar-refractivity contribution < 1.29 is 27.4 Å². The maximum atomic E-state index is 15.2. The van der Waals surface area contributed by atoms with Crippen LogP contribution in [-0.4, -0.2) is 63.9 Å². The average molecular weight is 635 g/mol. The first-order valence-corrected chi connectivity index (χ1v) is 16.7. The first-order valence-electron chi connectivity index (χ1n) is 15.1. The number of fused-ring (bicyclic) bond motifs is 1. The molecule has 1 aliphatic carbocycles. The number of ether oxygens (including phenoxy) is 1. The van der Waals surface area contributed by atoms with E-state index in [9.17, 15) is 18.3 Å². The Morgan fingerprint density at radius 3 is 2.60 bits per heavy atom. The van der Waals surface area contributed by atoms with Gasteiger partial charge in [0.05, 0.1) is 22.2 Å². The van der Waals surface area contributed by atoms with E-state index in [-0.39, 0.29) is 17.6 Å². The third kappa shape index (κ3) is 6.63. The van der Waals surface area contributed by atoms with E-state index >= 15 is 4.39 Å². The molecule has 2 fully saturated rings. The minimum Gasteiger partial charge on any atom is -0.465 e. The summed E-state index contributed by atoms with van der Waals surface area (Å²) in [5, 5.41) is 13.0. The molecule has 3 N–H and O–H groups in total. The van der Waals surface area contributed by atoms with E-state index in [1.54, 1.807) is 42.7 Å². The normalized spacial score (nSPS) is 17.6. The molecular formula is C32H35FN6O5S. The summed E-state index contributed by atoms with van der Waals surface area (Å²) in [7, 11) is -3.79. The first-order chi connectivity index (χ1) is 21.7. The van der Waals surface area contributed by atoms with Gasteiger partial charge in [-0.25, -0.2) is 32.6 Å². The van der Waals surface area contributed by atoms with Crippen LogP contribution in [-0.2, 0) is 10.0 Å². The fourth-order valence-electron chi connectivity index (χ4n) is 6.09. The second-order valence-electron chi connectivity index (χ2n) is 11.6. The Labute approximate surface area is 260 Å². The molecule has 1 saturated heterocycles. The SMILES string of the molecule is Cc1ccc2c(NS(=O)(=O)C3CCCCC3)c(F)ccc2c1Oc1ncccc1-c1ccnc(NC2CCCN(C(=O)O)C2)n1. The number of nitrogens with one attached hydrogen (secondary N) is 2. The summed E-state index contributed by atoms with van der Waals surface area (Å²) >= 11 is 0. The zero-order valence-electron chi connectivity index (χ0n) is 24.9. The number of hydrogen-bond donors (Lipinski definition) is 3. The van der Waals surface area contributed by atoms with Gasteiger partial charge in [-0.1, -0.05) is 31.4 Å². The number of carboxylic acid groups (broad SMARTS) is 1. The van der Waals surface area contributed by atoms with E-state index in [0.29, 0.717) is 59.7 Å². The van der Waals surface area contributed by atoms with E-state index < -0.39 is 27.2 Å². The molecule has 0 spiro atoms.